The summed E-state index contributed by atoms with van der Waals surface area (Å²) >= 11 is 0. The van der Waals surface area contributed by atoms with Gasteiger partial charge in [0.05, 0.1) is 11.9 Å². The lowest BCUT2D eigenvalue weighted by molar-refractivity contribution is 0.102. The van der Waals surface area contributed by atoms with Crippen LogP contribution in [0.1, 0.15) is 16.1 Å². The molecular weight excluding hydrogens is 221 g/mol. The molecule has 0 unspecified atom stereocenters. The van der Waals surface area contributed by atoms with E-state index in [0.29, 0.717) is 5.69 Å². The molecule has 2 rings (SSSR count). The van der Waals surface area contributed by atoms with Gasteiger partial charge in [0.25, 0.3) is 5.91 Å². The molecule has 1 N–H and O–H groups in total. The first kappa shape index (κ1) is 11.2. The maximum Gasteiger partial charge on any atom is 0.255 e. The normalized spacial score (nSPS) is 10.0. The summed E-state index contributed by atoms with van der Waals surface area (Å²) in [6.07, 6.45) is 2.79. The Hall–Kier alpha value is -2.30. The third kappa shape index (κ3) is 2.84. The van der Waals surface area contributed by atoms with E-state index in [1.807, 2.05) is 6.92 Å². The summed E-state index contributed by atoms with van der Waals surface area (Å²) in [5, 5.41) is 2.62. The number of carbonyl (C=O) groups excluding carboxylic acids is 1. The number of amides is 1. The number of halogens is 1. The second-order valence-electron chi connectivity index (χ2n) is 3.51. The lowest BCUT2D eigenvalue weighted by Gasteiger charge is -2.04. The highest BCUT2D eigenvalue weighted by Gasteiger charge is 2.07. The standard InChI is InChI=1S/C12H10FN3O/c1-8-2-3-10(7-15-8)16-12(17)9-4-5-14-11(13)6-9/h2-7H,1H3,(H,16,17). The van der Waals surface area contributed by atoms with E-state index in [2.05, 4.69) is 15.3 Å². The van der Waals surface area contributed by atoms with Gasteiger partial charge in [0.2, 0.25) is 5.95 Å². The lowest BCUT2D eigenvalue weighted by atomic mass is 10.2. The van der Waals surface area contributed by atoms with Gasteiger partial charge in [0, 0.05) is 23.5 Å². The minimum Gasteiger partial charge on any atom is -0.321 e. The number of aromatic nitrogens is 2. The van der Waals surface area contributed by atoms with E-state index in [9.17, 15) is 9.18 Å². The average molecular weight is 231 g/mol. The Morgan fingerprint density at radius 1 is 1.29 bits per heavy atom. The Morgan fingerprint density at radius 2 is 2.12 bits per heavy atom. The smallest absolute Gasteiger partial charge is 0.255 e. The Labute approximate surface area is 97.5 Å². The summed E-state index contributed by atoms with van der Waals surface area (Å²) in [7, 11) is 0. The number of carbonyl (C=O) groups is 1. The van der Waals surface area contributed by atoms with Gasteiger partial charge in [-0.3, -0.25) is 9.78 Å². The van der Waals surface area contributed by atoms with Gasteiger partial charge in [0.1, 0.15) is 0 Å². The van der Waals surface area contributed by atoms with E-state index in [1.165, 1.54) is 12.3 Å². The van der Waals surface area contributed by atoms with Gasteiger partial charge < -0.3 is 5.32 Å². The number of hydrogen-bond acceptors (Lipinski definition) is 3. The predicted octanol–water partition coefficient (Wildman–Crippen LogP) is 2.18. The second-order valence-corrected chi connectivity index (χ2v) is 3.51. The molecule has 0 radical (unpaired) electrons. The number of hydrogen-bond donors (Lipinski definition) is 1. The van der Waals surface area contributed by atoms with Crippen LogP contribution in [0.3, 0.4) is 0 Å². The number of pyridine rings is 2. The molecule has 0 saturated heterocycles. The van der Waals surface area contributed by atoms with E-state index < -0.39 is 11.9 Å². The van der Waals surface area contributed by atoms with Crippen LogP contribution in [0.4, 0.5) is 10.1 Å². The van der Waals surface area contributed by atoms with Gasteiger partial charge in [0.15, 0.2) is 0 Å². The van der Waals surface area contributed by atoms with Crippen molar-refractivity contribution in [1.82, 2.24) is 9.97 Å². The Balaban J connectivity index is 2.14. The number of aryl methyl sites for hydroxylation is 1. The zero-order valence-corrected chi connectivity index (χ0v) is 9.14. The van der Waals surface area contributed by atoms with Crippen molar-refractivity contribution in [2.24, 2.45) is 0 Å². The monoisotopic (exact) mass is 231 g/mol. The molecule has 2 aromatic heterocycles. The SMILES string of the molecule is Cc1ccc(NC(=O)c2ccnc(F)c2)cn1. The largest absolute Gasteiger partial charge is 0.321 e. The fourth-order valence-electron chi connectivity index (χ4n) is 1.29. The van der Waals surface area contributed by atoms with Crippen molar-refractivity contribution in [3.8, 4) is 0 Å². The van der Waals surface area contributed by atoms with Gasteiger partial charge in [-0.25, -0.2) is 4.98 Å². The molecule has 0 spiro atoms. The van der Waals surface area contributed by atoms with Crippen LogP contribution in [0.15, 0.2) is 36.7 Å². The molecule has 0 aromatic carbocycles. The summed E-state index contributed by atoms with van der Waals surface area (Å²) in [5.41, 5.74) is 1.65. The van der Waals surface area contributed by atoms with Crippen molar-refractivity contribution in [3.05, 3.63) is 53.9 Å². The van der Waals surface area contributed by atoms with Gasteiger partial charge in [-0.15, -0.1) is 0 Å². The fourth-order valence-corrected chi connectivity index (χ4v) is 1.29. The predicted molar refractivity (Wildman–Crippen MR) is 61.1 cm³/mol. The van der Waals surface area contributed by atoms with Crippen molar-refractivity contribution in [2.45, 2.75) is 6.92 Å². The summed E-state index contributed by atoms with van der Waals surface area (Å²) < 4.78 is 12.8. The molecule has 0 saturated carbocycles. The first-order chi connectivity index (χ1) is 8.15. The van der Waals surface area contributed by atoms with Gasteiger partial charge in [-0.1, -0.05) is 0 Å². The molecule has 0 aliphatic rings. The van der Waals surface area contributed by atoms with Crippen LogP contribution < -0.4 is 5.32 Å². The van der Waals surface area contributed by atoms with Crippen molar-refractivity contribution in [2.75, 3.05) is 5.32 Å². The Bertz CT molecular complexity index is 540. The van der Waals surface area contributed by atoms with Crippen LogP contribution >= 0.6 is 0 Å². The van der Waals surface area contributed by atoms with Crippen LogP contribution in [0.25, 0.3) is 0 Å². The lowest BCUT2D eigenvalue weighted by Crippen LogP contribution is -2.12. The molecule has 0 atom stereocenters. The highest BCUT2D eigenvalue weighted by atomic mass is 19.1. The molecule has 17 heavy (non-hydrogen) atoms. The first-order valence-electron chi connectivity index (χ1n) is 5.01. The minimum atomic E-state index is -0.681. The average Bonchev–Trinajstić information content (AvgIpc) is 2.32. The van der Waals surface area contributed by atoms with E-state index >= 15 is 0 Å². The maximum absolute atomic E-state index is 12.8. The molecule has 0 aliphatic carbocycles. The zero-order chi connectivity index (χ0) is 12.3. The molecule has 86 valence electrons. The number of nitrogens with one attached hydrogen (secondary N) is 1. The van der Waals surface area contributed by atoms with Gasteiger partial charge in [-0.2, -0.15) is 4.39 Å². The summed E-state index contributed by atoms with van der Waals surface area (Å²) in [6, 6.07) is 6.04. The van der Waals surface area contributed by atoms with E-state index in [-0.39, 0.29) is 5.56 Å². The number of rotatable bonds is 2. The molecule has 2 heterocycles. The van der Waals surface area contributed by atoms with Crippen LogP contribution in [-0.4, -0.2) is 15.9 Å². The van der Waals surface area contributed by atoms with Crippen molar-refractivity contribution in [3.63, 3.8) is 0 Å². The molecule has 0 bridgehead atoms. The molecule has 5 heteroatoms. The van der Waals surface area contributed by atoms with Crippen LogP contribution in [0.5, 0.6) is 0 Å². The van der Waals surface area contributed by atoms with Gasteiger partial charge >= 0.3 is 0 Å². The highest BCUT2D eigenvalue weighted by Crippen LogP contribution is 2.08. The molecule has 0 aliphatic heterocycles. The number of anilines is 1. The third-order valence-corrected chi connectivity index (χ3v) is 2.16. The van der Waals surface area contributed by atoms with Crippen LogP contribution in [0, 0.1) is 12.9 Å². The van der Waals surface area contributed by atoms with Crippen LogP contribution in [-0.2, 0) is 0 Å². The van der Waals surface area contributed by atoms with E-state index in [4.69, 9.17) is 0 Å². The van der Waals surface area contributed by atoms with E-state index in [1.54, 1.807) is 18.3 Å². The number of nitrogens with zero attached hydrogens (tertiary/aromatic N) is 2. The minimum absolute atomic E-state index is 0.220. The third-order valence-electron chi connectivity index (χ3n) is 2.16. The Morgan fingerprint density at radius 3 is 2.76 bits per heavy atom. The van der Waals surface area contributed by atoms with Gasteiger partial charge in [-0.05, 0) is 25.1 Å². The molecular formula is C12H10FN3O. The molecule has 0 fully saturated rings. The second kappa shape index (κ2) is 4.69. The molecule has 2 aromatic rings. The summed E-state index contributed by atoms with van der Waals surface area (Å²) in [4.78, 5) is 19.1. The molecule has 1 amide bonds. The van der Waals surface area contributed by atoms with Crippen molar-refractivity contribution < 1.29 is 9.18 Å². The van der Waals surface area contributed by atoms with Crippen LogP contribution in [0.2, 0.25) is 0 Å². The summed E-state index contributed by atoms with van der Waals surface area (Å²) in [6.45, 7) is 1.85. The zero-order valence-electron chi connectivity index (χ0n) is 9.14. The van der Waals surface area contributed by atoms with Crippen molar-refractivity contribution in [1.29, 1.82) is 0 Å². The Kier molecular flexibility index (Phi) is 3.09. The quantitative estimate of drug-likeness (QED) is 0.806. The van der Waals surface area contributed by atoms with E-state index in [0.717, 1.165) is 11.8 Å². The highest BCUT2D eigenvalue weighted by molar-refractivity contribution is 6.04. The molecule has 4 nitrogen and oxygen atoms in total. The fraction of sp³-hybridized carbons (Fsp3) is 0.0833. The van der Waals surface area contributed by atoms with Crippen molar-refractivity contribution >= 4 is 11.6 Å². The summed E-state index contributed by atoms with van der Waals surface area (Å²) in [5.74, 6) is -1.07. The first-order valence-corrected chi connectivity index (χ1v) is 5.01. The maximum atomic E-state index is 12.8. The topological polar surface area (TPSA) is 54.9 Å².